The Bertz CT molecular complexity index is 508. The lowest BCUT2D eigenvalue weighted by molar-refractivity contribution is 1.23. The first-order valence-corrected chi connectivity index (χ1v) is 5.77. The van der Waals surface area contributed by atoms with Crippen molar-refractivity contribution in [3.8, 4) is 0 Å². The lowest BCUT2D eigenvalue weighted by Gasteiger charge is -2.06. The molecule has 0 bridgehead atoms. The standard InChI is InChI=1S/C11H9ClIN/c1-6-3-4-9-8(5-6)10(12)11(13)7(2)14-9/h3-5H,1-2H3. The Labute approximate surface area is 102 Å². The maximum absolute atomic E-state index is 6.26. The molecule has 0 radical (unpaired) electrons. The van der Waals surface area contributed by atoms with E-state index < -0.39 is 0 Å². The molecule has 1 heterocycles. The second kappa shape index (κ2) is 3.66. The third-order valence-corrected chi connectivity index (χ3v) is 4.22. The van der Waals surface area contributed by atoms with Gasteiger partial charge in [-0.2, -0.15) is 0 Å². The molecule has 72 valence electrons. The first-order chi connectivity index (χ1) is 6.59. The second-order valence-electron chi connectivity index (χ2n) is 3.35. The van der Waals surface area contributed by atoms with Gasteiger partial charge in [0.05, 0.1) is 19.8 Å². The van der Waals surface area contributed by atoms with Crippen molar-refractivity contribution in [1.82, 2.24) is 4.98 Å². The van der Waals surface area contributed by atoms with Gasteiger partial charge in [0.1, 0.15) is 0 Å². The van der Waals surface area contributed by atoms with Crippen molar-refractivity contribution in [1.29, 1.82) is 0 Å². The third kappa shape index (κ3) is 1.61. The molecule has 2 aromatic rings. The van der Waals surface area contributed by atoms with Gasteiger partial charge in [0, 0.05) is 5.39 Å². The van der Waals surface area contributed by atoms with E-state index in [1.807, 2.05) is 13.0 Å². The third-order valence-electron chi connectivity index (χ3n) is 2.19. The molecule has 0 aliphatic carbocycles. The van der Waals surface area contributed by atoms with Crippen LogP contribution in [0.4, 0.5) is 0 Å². The van der Waals surface area contributed by atoms with E-state index in [4.69, 9.17) is 11.6 Å². The fourth-order valence-corrected chi connectivity index (χ4v) is 2.13. The number of hydrogen-bond acceptors (Lipinski definition) is 1. The molecule has 1 aromatic carbocycles. The highest BCUT2D eigenvalue weighted by Gasteiger charge is 2.07. The van der Waals surface area contributed by atoms with Gasteiger partial charge < -0.3 is 0 Å². The monoisotopic (exact) mass is 317 g/mol. The van der Waals surface area contributed by atoms with Crippen molar-refractivity contribution in [3.05, 3.63) is 38.0 Å². The summed E-state index contributed by atoms with van der Waals surface area (Å²) >= 11 is 8.49. The summed E-state index contributed by atoms with van der Waals surface area (Å²) in [4.78, 5) is 4.49. The van der Waals surface area contributed by atoms with E-state index in [-0.39, 0.29) is 0 Å². The zero-order valence-electron chi connectivity index (χ0n) is 7.94. The molecule has 0 saturated heterocycles. The molecule has 0 aliphatic heterocycles. The molecule has 0 aliphatic rings. The average Bonchev–Trinajstić information content (AvgIpc) is 2.16. The SMILES string of the molecule is Cc1ccc2nc(C)c(I)c(Cl)c2c1. The highest BCUT2D eigenvalue weighted by atomic mass is 127. The molecule has 14 heavy (non-hydrogen) atoms. The minimum atomic E-state index is 0.816. The summed E-state index contributed by atoms with van der Waals surface area (Å²) in [6.07, 6.45) is 0. The van der Waals surface area contributed by atoms with E-state index in [1.165, 1.54) is 5.56 Å². The van der Waals surface area contributed by atoms with Gasteiger partial charge in [-0.25, -0.2) is 0 Å². The number of benzene rings is 1. The van der Waals surface area contributed by atoms with Crippen molar-refractivity contribution < 1.29 is 0 Å². The molecule has 0 amide bonds. The van der Waals surface area contributed by atoms with E-state index in [2.05, 4.69) is 46.6 Å². The summed E-state index contributed by atoms with van der Waals surface area (Å²) in [5, 5.41) is 1.86. The van der Waals surface area contributed by atoms with Crippen molar-refractivity contribution >= 4 is 45.1 Å². The molecule has 0 spiro atoms. The molecule has 1 nitrogen and oxygen atoms in total. The van der Waals surface area contributed by atoms with Gasteiger partial charge in [0.2, 0.25) is 0 Å². The Morgan fingerprint density at radius 1 is 1.29 bits per heavy atom. The van der Waals surface area contributed by atoms with Crippen LogP contribution in [0, 0.1) is 17.4 Å². The Balaban J connectivity index is 2.92. The van der Waals surface area contributed by atoms with Crippen molar-refractivity contribution in [3.63, 3.8) is 0 Å². The molecule has 0 fully saturated rings. The second-order valence-corrected chi connectivity index (χ2v) is 4.80. The van der Waals surface area contributed by atoms with Crippen molar-refractivity contribution in [2.24, 2.45) is 0 Å². The zero-order chi connectivity index (χ0) is 10.3. The fourth-order valence-electron chi connectivity index (χ4n) is 1.43. The molecule has 2 rings (SSSR count). The van der Waals surface area contributed by atoms with Crippen LogP contribution in [0.5, 0.6) is 0 Å². The van der Waals surface area contributed by atoms with Crippen LogP contribution in [0.2, 0.25) is 5.02 Å². The number of aromatic nitrogens is 1. The molecule has 0 N–H and O–H groups in total. The van der Waals surface area contributed by atoms with Crippen molar-refractivity contribution in [2.75, 3.05) is 0 Å². The van der Waals surface area contributed by atoms with Gasteiger partial charge in [-0.05, 0) is 48.6 Å². The summed E-state index contributed by atoms with van der Waals surface area (Å²) in [6.45, 7) is 4.04. The predicted octanol–water partition coefficient (Wildman–Crippen LogP) is 4.11. The summed E-state index contributed by atoms with van der Waals surface area (Å²) in [6, 6.07) is 6.14. The number of fused-ring (bicyclic) bond motifs is 1. The Morgan fingerprint density at radius 2 is 2.00 bits per heavy atom. The molecule has 0 saturated carbocycles. The molecular weight excluding hydrogens is 308 g/mol. The summed E-state index contributed by atoms with van der Waals surface area (Å²) in [5.74, 6) is 0. The minimum Gasteiger partial charge on any atom is -0.252 e. The van der Waals surface area contributed by atoms with Crippen LogP contribution in [0.1, 0.15) is 11.3 Å². The van der Waals surface area contributed by atoms with E-state index in [0.717, 1.165) is 25.2 Å². The topological polar surface area (TPSA) is 12.9 Å². The van der Waals surface area contributed by atoms with Gasteiger partial charge in [0.15, 0.2) is 0 Å². The van der Waals surface area contributed by atoms with E-state index in [1.54, 1.807) is 0 Å². The molecule has 0 atom stereocenters. The molecule has 1 aromatic heterocycles. The Morgan fingerprint density at radius 3 is 2.71 bits per heavy atom. The van der Waals surface area contributed by atoms with Crippen LogP contribution in [0.15, 0.2) is 18.2 Å². The molecular formula is C11H9ClIN. The first kappa shape index (κ1) is 10.2. The largest absolute Gasteiger partial charge is 0.252 e. The lowest BCUT2D eigenvalue weighted by Crippen LogP contribution is -1.90. The zero-order valence-corrected chi connectivity index (χ0v) is 10.8. The van der Waals surface area contributed by atoms with E-state index in [9.17, 15) is 0 Å². The Hall–Kier alpha value is -0.350. The molecule has 3 heteroatoms. The number of aryl methyl sites for hydroxylation is 2. The van der Waals surface area contributed by atoms with Gasteiger partial charge >= 0.3 is 0 Å². The highest BCUT2D eigenvalue weighted by Crippen LogP contribution is 2.29. The van der Waals surface area contributed by atoms with Crippen LogP contribution < -0.4 is 0 Å². The summed E-state index contributed by atoms with van der Waals surface area (Å²) in [7, 11) is 0. The predicted molar refractivity (Wildman–Crippen MR) is 68.9 cm³/mol. The van der Waals surface area contributed by atoms with Crippen molar-refractivity contribution in [2.45, 2.75) is 13.8 Å². The van der Waals surface area contributed by atoms with Crippen LogP contribution in [0.3, 0.4) is 0 Å². The summed E-state index contributed by atoms with van der Waals surface area (Å²) < 4.78 is 1.04. The number of nitrogens with zero attached hydrogens (tertiary/aromatic N) is 1. The smallest absolute Gasteiger partial charge is 0.0721 e. The van der Waals surface area contributed by atoms with Crippen LogP contribution in [0.25, 0.3) is 10.9 Å². The normalized spacial score (nSPS) is 10.9. The maximum Gasteiger partial charge on any atom is 0.0721 e. The Kier molecular flexibility index (Phi) is 2.66. The summed E-state index contributed by atoms with van der Waals surface area (Å²) in [5.41, 5.74) is 3.17. The van der Waals surface area contributed by atoms with Gasteiger partial charge in [0.25, 0.3) is 0 Å². The van der Waals surface area contributed by atoms with Gasteiger partial charge in [-0.15, -0.1) is 0 Å². The molecule has 0 unspecified atom stereocenters. The fraction of sp³-hybridized carbons (Fsp3) is 0.182. The number of rotatable bonds is 0. The van der Waals surface area contributed by atoms with Gasteiger partial charge in [-0.3, -0.25) is 4.98 Å². The van der Waals surface area contributed by atoms with Crippen LogP contribution in [-0.2, 0) is 0 Å². The maximum atomic E-state index is 6.26. The minimum absolute atomic E-state index is 0.816. The lowest BCUT2D eigenvalue weighted by atomic mass is 10.1. The van der Waals surface area contributed by atoms with E-state index >= 15 is 0 Å². The van der Waals surface area contributed by atoms with Crippen LogP contribution >= 0.6 is 34.2 Å². The van der Waals surface area contributed by atoms with Gasteiger partial charge in [-0.1, -0.05) is 23.2 Å². The highest BCUT2D eigenvalue weighted by molar-refractivity contribution is 14.1. The van der Waals surface area contributed by atoms with Crippen LogP contribution in [-0.4, -0.2) is 4.98 Å². The number of pyridine rings is 1. The average molecular weight is 318 g/mol. The number of hydrogen-bond donors (Lipinski definition) is 0. The number of halogens is 2. The quantitative estimate of drug-likeness (QED) is 0.666. The van der Waals surface area contributed by atoms with E-state index in [0.29, 0.717) is 0 Å². The first-order valence-electron chi connectivity index (χ1n) is 4.31.